The molecule has 1 heterocycles. The lowest BCUT2D eigenvalue weighted by molar-refractivity contribution is 0.102. The van der Waals surface area contributed by atoms with Crippen LogP contribution in [-0.2, 0) is 10.0 Å². The van der Waals surface area contributed by atoms with Crippen LogP contribution >= 0.6 is 0 Å². The molecule has 7 nitrogen and oxygen atoms in total. The molecule has 8 heteroatoms. The van der Waals surface area contributed by atoms with E-state index < -0.39 is 15.9 Å². The molecular formula is C24H24N2O5S. The topological polar surface area (TPSA) is 93.7 Å². The van der Waals surface area contributed by atoms with Gasteiger partial charge in [0.15, 0.2) is 11.5 Å². The summed E-state index contributed by atoms with van der Waals surface area (Å²) in [5.41, 5.74) is 2.94. The predicted molar refractivity (Wildman–Crippen MR) is 123 cm³/mol. The van der Waals surface area contributed by atoms with Crippen molar-refractivity contribution in [2.75, 3.05) is 23.3 Å². The first-order valence-electron chi connectivity index (χ1n) is 10.2. The summed E-state index contributed by atoms with van der Waals surface area (Å²) in [4.78, 5) is 13.0. The smallest absolute Gasteiger partial charge is 0.261 e. The monoisotopic (exact) mass is 452 g/mol. The quantitative estimate of drug-likeness (QED) is 0.594. The molecule has 0 bridgehead atoms. The van der Waals surface area contributed by atoms with Crippen LogP contribution in [-0.4, -0.2) is 27.5 Å². The zero-order valence-electron chi connectivity index (χ0n) is 17.8. The van der Waals surface area contributed by atoms with Crippen molar-refractivity contribution >= 4 is 27.3 Å². The summed E-state index contributed by atoms with van der Waals surface area (Å²) in [7, 11) is -3.85. The van der Waals surface area contributed by atoms with Crippen LogP contribution < -0.4 is 19.5 Å². The van der Waals surface area contributed by atoms with E-state index in [2.05, 4.69) is 10.0 Å². The Kier molecular flexibility index (Phi) is 6.05. The third-order valence-corrected chi connectivity index (χ3v) is 6.45. The van der Waals surface area contributed by atoms with E-state index in [4.69, 9.17) is 9.47 Å². The number of benzene rings is 3. The highest BCUT2D eigenvalue weighted by Crippen LogP contribution is 2.32. The second-order valence-electron chi connectivity index (χ2n) is 7.61. The molecule has 1 aliphatic rings. The predicted octanol–water partition coefficient (Wildman–Crippen LogP) is 4.52. The van der Waals surface area contributed by atoms with Crippen LogP contribution in [0.25, 0.3) is 0 Å². The Morgan fingerprint density at radius 1 is 0.844 bits per heavy atom. The van der Waals surface area contributed by atoms with E-state index in [-0.39, 0.29) is 10.5 Å². The van der Waals surface area contributed by atoms with Gasteiger partial charge in [-0.3, -0.25) is 9.52 Å². The molecule has 0 aliphatic carbocycles. The molecule has 3 aromatic carbocycles. The van der Waals surface area contributed by atoms with Gasteiger partial charge in [-0.1, -0.05) is 23.8 Å². The number of anilines is 2. The first kappa shape index (κ1) is 21.7. The van der Waals surface area contributed by atoms with Crippen molar-refractivity contribution in [2.24, 2.45) is 0 Å². The van der Waals surface area contributed by atoms with Gasteiger partial charge in [-0.15, -0.1) is 0 Å². The van der Waals surface area contributed by atoms with Gasteiger partial charge in [0, 0.05) is 29.4 Å². The molecule has 1 amide bonds. The van der Waals surface area contributed by atoms with E-state index >= 15 is 0 Å². The zero-order chi connectivity index (χ0) is 22.7. The summed E-state index contributed by atoms with van der Waals surface area (Å²) < 4.78 is 39.5. The first-order chi connectivity index (χ1) is 15.3. The maximum atomic E-state index is 12.9. The first-order valence-corrected chi connectivity index (χ1v) is 11.7. The summed E-state index contributed by atoms with van der Waals surface area (Å²) in [5.74, 6) is 0.784. The number of nitrogens with one attached hydrogen (secondary N) is 2. The van der Waals surface area contributed by atoms with Gasteiger partial charge < -0.3 is 14.8 Å². The summed E-state index contributed by atoms with van der Waals surface area (Å²) >= 11 is 0. The molecule has 3 aromatic rings. The van der Waals surface area contributed by atoms with Crippen LogP contribution in [0, 0.1) is 13.8 Å². The number of carbonyl (C=O) groups excluding carboxylic acids is 1. The molecule has 166 valence electrons. The lowest BCUT2D eigenvalue weighted by Gasteiger charge is -2.13. The van der Waals surface area contributed by atoms with E-state index in [1.54, 1.807) is 43.3 Å². The second kappa shape index (κ2) is 8.92. The molecule has 2 N–H and O–H groups in total. The number of rotatable bonds is 5. The fourth-order valence-electron chi connectivity index (χ4n) is 3.29. The van der Waals surface area contributed by atoms with Crippen molar-refractivity contribution in [3.63, 3.8) is 0 Å². The number of amides is 1. The van der Waals surface area contributed by atoms with Gasteiger partial charge in [-0.25, -0.2) is 8.42 Å². The molecule has 0 unspecified atom stereocenters. The van der Waals surface area contributed by atoms with E-state index in [0.717, 1.165) is 12.0 Å². The van der Waals surface area contributed by atoms with Crippen LogP contribution in [0.4, 0.5) is 11.4 Å². The third kappa shape index (κ3) is 4.86. The van der Waals surface area contributed by atoms with Crippen molar-refractivity contribution < 1.29 is 22.7 Å². The van der Waals surface area contributed by atoms with Crippen molar-refractivity contribution in [1.29, 1.82) is 0 Å². The van der Waals surface area contributed by atoms with E-state index in [1.807, 2.05) is 19.1 Å². The zero-order valence-corrected chi connectivity index (χ0v) is 18.7. The average Bonchev–Trinajstić information content (AvgIpc) is 3.00. The van der Waals surface area contributed by atoms with Gasteiger partial charge in [0.1, 0.15) is 0 Å². The van der Waals surface area contributed by atoms with Gasteiger partial charge in [0.2, 0.25) is 0 Å². The molecule has 0 saturated heterocycles. The van der Waals surface area contributed by atoms with E-state index in [1.165, 1.54) is 12.1 Å². The number of aryl methyl sites for hydroxylation is 2. The Labute approximate surface area is 187 Å². The number of carbonyl (C=O) groups is 1. The van der Waals surface area contributed by atoms with E-state index in [9.17, 15) is 13.2 Å². The molecule has 0 aromatic heterocycles. The van der Waals surface area contributed by atoms with Crippen molar-refractivity contribution in [1.82, 2.24) is 0 Å². The lowest BCUT2D eigenvalue weighted by atomic mass is 10.1. The summed E-state index contributed by atoms with van der Waals surface area (Å²) in [6.45, 7) is 4.80. The van der Waals surface area contributed by atoms with Crippen molar-refractivity contribution in [3.05, 3.63) is 77.4 Å². The van der Waals surface area contributed by atoms with Crippen molar-refractivity contribution in [3.8, 4) is 11.5 Å². The SMILES string of the molecule is Cc1ccc(NS(=O)(=O)c2ccc(C)c(C(=O)Nc3ccc4c(c3)OCCCO4)c2)cc1. The number of fused-ring (bicyclic) bond motifs is 1. The van der Waals surface area contributed by atoms with Gasteiger partial charge >= 0.3 is 0 Å². The molecular weight excluding hydrogens is 428 g/mol. The largest absolute Gasteiger partial charge is 0.490 e. The van der Waals surface area contributed by atoms with Crippen LogP contribution in [0.1, 0.15) is 27.9 Å². The average molecular weight is 453 g/mol. The highest BCUT2D eigenvalue weighted by Gasteiger charge is 2.19. The Balaban J connectivity index is 1.56. The Morgan fingerprint density at radius 2 is 1.53 bits per heavy atom. The second-order valence-corrected chi connectivity index (χ2v) is 9.30. The highest BCUT2D eigenvalue weighted by molar-refractivity contribution is 7.92. The minimum Gasteiger partial charge on any atom is -0.490 e. The Hall–Kier alpha value is -3.52. The van der Waals surface area contributed by atoms with Crippen LogP contribution in [0.5, 0.6) is 11.5 Å². The summed E-state index contributed by atoms with van der Waals surface area (Å²) in [6.07, 6.45) is 0.785. The van der Waals surface area contributed by atoms with E-state index in [0.29, 0.717) is 41.7 Å². The summed E-state index contributed by atoms with van der Waals surface area (Å²) in [6, 6.07) is 16.7. The number of ether oxygens (including phenoxy) is 2. The molecule has 32 heavy (non-hydrogen) atoms. The third-order valence-electron chi connectivity index (χ3n) is 5.07. The fourth-order valence-corrected chi connectivity index (χ4v) is 4.37. The molecule has 0 saturated carbocycles. The molecule has 0 radical (unpaired) electrons. The molecule has 1 aliphatic heterocycles. The molecule has 0 fully saturated rings. The summed E-state index contributed by atoms with van der Waals surface area (Å²) in [5, 5.41) is 2.81. The fraction of sp³-hybridized carbons (Fsp3) is 0.208. The highest BCUT2D eigenvalue weighted by atomic mass is 32.2. The Morgan fingerprint density at radius 3 is 2.28 bits per heavy atom. The standard InChI is InChI=1S/C24H24N2O5S/c1-16-4-7-18(8-5-16)26-32(28,29)20-10-6-17(2)21(15-20)24(27)25-19-9-11-22-23(14-19)31-13-3-12-30-22/h4-11,14-15,26H,3,12-13H2,1-2H3,(H,25,27). The lowest BCUT2D eigenvalue weighted by Crippen LogP contribution is -2.17. The number of hydrogen-bond donors (Lipinski definition) is 2. The normalized spacial score (nSPS) is 13.2. The number of sulfonamides is 1. The van der Waals surface area contributed by atoms with Crippen LogP contribution in [0.3, 0.4) is 0 Å². The van der Waals surface area contributed by atoms with Crippen LogP contribution in [0.15, 0.2) is 65.6 Å². The maximum absolute atomic E-state index is 12.9. The maximum Gasteiger partial charge on any atom is 0.261 e. The van der Waals surface area contributed by atoms with Gasteiger partial charge in [0.05, 0.1) is 18.1 Å². The van der Waals surface area contributed by atoms with Crippen molar-refractivity contribution in [2.45, 2.75) is 25.2 Å². The minimum atomic E-state index is -3.85. The molecule has 0 atom stereocenters. The minimum absolute atomic E-state index is 0.00693. The number of hydrogen-bond acceptors (Lipinski definition) is 5. The van der Waals surface area contributed by atoms with Gasteiger partial charge in [-0.05, 0) is 55.8 Å². The Bertz CT molecular complexity index is 1250. The van der Waals surface area contributed by atoms with Gasteiger partial charge in [0.25, 0.3) is 15.9 Å². The van der Waals surface area contributed by atoms with Crippen LogP contribution in [0.2, 0.25) is 0 Å². The molecule has 0 spiro atoms. The van der Waals surface area contributed by atoms with Gasteiger partial charge in [-0.2, -0.15) is 0 Å². The molecule has 4 rings (SSSR count).